The molecular weight excluding hydrogens is 346 g/mol. The summed E-state index contributed by atoms with van der Waals surface area (Å²) in [5.41, 5.74) is 3.30. The van der Waals surface area contributed by atoms with Gasteiger partial charge in [0.1, 0.15) is 12.4 Å². The van der Waals surface area contributed by atoms with Crippen LogP contribution in [-0.4, -0.2) is 19.9 Å². The Morgan fingerprint density at radius 2 is 2.04 bits per heavy atom. The molecule has 0 bridgehead atoms. The van der Waals surface area contributed by atoms with Gasteiger partial charge in [-0.25, -0.2) is 4.68 Å². The van der Waals surface area contributed by atoms with Gasteiger partial charge in [-0.1, -0.05) is 43.8 Å². The Balaban J connectivity index is 1.66. The zero-order valence-corrected chi connectivity index (χ0v) is 16.0. The van der Waals surface area contributed by atoms with E-state index in [1.807, 2.05) is 24.3 Å². The summed E-state index contributed by atoms with van der Waals surface area (Å²) in [7, 11) is 0. The van der Waals surface area contributed by atoms with E-state index in [4.69, 9.17) is 10.6 Å². The minimum atomic E-state index is 0.275. The van der Waals surface area contributed by atoms with E-state index >= 15 is 0 Å². The molecule has 136 valence electrons. The normalized spacial score (nSPS) is 11.1. The SMILES string of the molecule is Cc1ccc(C(C)C)c(OCc2nnc(SCc3ccccn3)n2N)c1. The van der Waals surface area contributed by atoms with Crippen LogP contribution in [0.4, 0.5) is 0 Å². The van der Waals surface area contributed by atoms with E-state index < -0.39 is 0 Å². The van der Waals surface area contributed by atoms with E-state index in [1.165, 1.54) is 22.0 Å². The van der Waals surface area contributed by atoms with Gasteiger partial charge >= 0.3 is 0 Å². The Labute approximate surface area is 157 Å². The van der Waals surface area contributed by atoms with Crippen LogP contribution in [0.3, 0.4) is 0 Å². The molecule has 26 heavy (non-hydrogen) atoms. The van der Waals surface area contributed by atoms with Crippen molar-refractivity contribution in [2.24, 2.45) is 0 Å². The van der Waals surface area contributed by atoms with E-state index in [0.717, 1.165) is 17.0 Å². The molecule has 0 radical (unpaired) electrons. The summed E-state index contributed by atoms with van der Waals surface area (Å²) in [5.74, 6) is 8.65. The molecule has 0 spiro atoms. The third-order valence-corrected chi connectivity index (χ3v) is 4.93. The lowest BCUT2D eigenvalue weighted by molar-refractivity contribution is 0.287. The Morgan fingerprint density at radius 1 is 1.19 bits per heavy atom. The highest BCUT2D eigenvalue weighted by molar-refractivity contribution is 7.98. The lowest BCUT2D eigenvalue weighted by Crippen LogP contribution is -2.16. The number of rotatable bonds is 7. The molecule has 0 saturated carbocycles. The van der Waals surface area contributed by atoms with Crippen LogP contribution in [0.2, 0.25) is 0 Å². The van der Waals surface area contributed by atoms with E-state index in [-0.39, 0.29) is 6.61 Å². The average Bonchev–Trinajstić information content (AvgIpc) is 2.98. The molecule has 0 aliphatic heterocycles. The highest BCUT2D eigenvalue weighted by Gasteiger charge is 2.13. The second-order valence-electron chi connectivity index (χ2n) is 6.36. The molecular formula is C19H23N5OS. The number of benzene rings is 1. The summed E-state index contributed by atoms with van der Waals surface area (Å²) in [6.45, 7) is 6.62. The summed E-state index contributed by atoms with van der Waals surface area (Å²) in [6.07, 6.45) is 1.77. The molecule has 0 aliphatic carbocycles. The Bertz CT molecular complexity index is 864. The molecule has 1 aromatic carbocycles. The Kier molecular flexibility index (Phi) is 5.78. The van der Waals surface area contributed by atoms with Crippen LogP contribution >= 0.6 is 11.8 Å². The van der Waals surface area contributed by atoms with Crippen molar-refractivity contribution >= 4 is 11.8 Å². The summed E-state index contributed by atoms with van der Waals surface area (Å²) in [4.78, 5) is 4.30. The first-order valence-electron chi connectivity index (χ1n) is 8.50. The molecule has 0 aliphatic rings. The van der Waals surface area contributed by atoms with Gasteiger partial charge in [-0.2, -0.15) is 0 Å². The molecule has 0 unspecified atom stereocenters. The van der Waals surface area contributed by atoms with Crippen LogP contribution in [0.1, 0.15) is 42.4 Å². The molecule has 0 saturated heterocycles. The van der Waals surface area contributed by atoms with Crippen molar-refractivity contribution in [3.05, 3.63) is 65.2 Å². The largest absolute Gasteiger partial charge is 0.485 e. The van der Waals surface area contributed by atoms with Crippen LogP contribution in [-0.2, 0) is 12.4 Å². The standard InChI is InChI=1S/C19H23N5OS/c1-13(2)16-8-7-14(3)10-17(16)25-11-18-22-23-19(24(18)20)26-12-15-6-4-5-9-21-15/h4-10,13H,11-12,20H2,1-3H3. The van der Waals surface area contributed by atoms with Gasteiger partial charge in [-0.3, -0.25) is 4.98 Å². The van der Waals surface area contributed by atoms with Gasteiger partial charge in [-0.05, 0) is 42.2 Å². The fourth-order valence-electron chi connectivity index (χ4n) is 2.51. The number of pyridine rings is 1. The summed E-state index contributed by atoms with van der Waals surface area (Å²) < 4.78 is 7.48. The maximum absolute atomic E-state index is 6.13. The maximum Gasteiger partial charge on any atom is 0.210 e. The van der Waals surface area contributed by atoms with Crippen LogP contribution in [0.5, 0.6) is 5.75 Å². The van der Waals surface area contributed by atoms with Crippen molar-refractivity contribution in [1.29, 1.82) is 0 Å². The predicted octanol–water partition coefficient (Wildman–Crippen LogP) is 3.69. The molecule has 7 heteroatoms. The number of aromatic nitrogens is 4. The first-order chi connectivity index (χ1) is 12.5. The van der Waals surface area contributed by atoms with Crippen LogP contribution < -0.4 is 10.6 Å². The summed E-state index contributed by atoms with van der Waals surface area (Å²) >= 11 is 1.50. The molecule has 3 aromatic rings. The molecule has 2 aromatic heterocycles. The smallest absolute Gasteiger partial charge is 0.210 e. The molecule has 0 atom stereocenters. The van der Waals surface area contributed by atoms with E-state index in [1.54, 1.807) is 6.20 Å². The molecule has 2 N–H and O–H groups in total. The fraction of sp³-hybridized carbons (Fsp3) is 0.316. The van der Waals surface area contributed by atoms with Gasteiger partial charge in [0, 0.05) is 11.9 Å². The molecule has 6 nitrogen and oxygen atoms in total. The van der Waals surface area contributed by atoms with Crippen LogP contribution in [0, 0.1) is 6.92 Å². The number of hydrogen-bond acceptors (Lipinski definition) is 6. The van der Waals surface area contributed by atoms with E-state index in [9.17, 15) is 0 Å². The number of nitrogens with zero attached hydrogens (tertiary/aromatic N) is 4. The van der Waals surface area contributed by atoms with Crippen molar-refractivity contribution in [1.82, 2.24) is 19.9 Å². The lowest BCUT2D eigenvalue weighted by atomic mass is 10.0. The first kappa shape index (κ1) is 18.3. The van der Waals surface area contributed by atoms with Crippen molar-refractivity contribution in [3.63, 3.8) is 0 Å². The van der Waals surface area contributed by atoms with Gasteiger partial charge < -0.3 is 10.6 Å². The average molecular weight is 369 g/mol. The second kappa shape index (κ2) is 8.23. The lowest BCUT2D eigenvalue weighted by Gasteiger charge is -2.14. The number of aryl methyl sites for hydroxylation is 1. The van der Waals surface area contributed by atoms with Crippen LogP contribution in [0.25, 0.3) is 0 Å². The zero-order valence-electron chi connectivity index (χ0n) is 15.2. The summed E-state index contributed by atoms with van der Waals surface area (Å²) in [6, 6.07) is 12.1. The molecule has 0 fully saturated rings. The Hall–Kier alpha value is -2.54. The van der Waals surface area contributed by atoms with Gasteiger partial charge in [0.2, 0.25) is 5.16 Å². The highest BCUT2D eigenvalue weighted by Crippen LogP contribution is 2.28. The van der Waals surface area contributed by atoms with Crippen LogP contribution in [0.15, 0.2) is 47.8 Å². The molecule has 2 heterocycles. The van der Waals surface area contributed by atoms with Crippen molar-refractivity contribution in [2.45, 2.75) is 44.2 Å². The minimum Gasteiger partial charge on any atom is -0.485 e. The highest BCUT2D eigenvalue weighted by atomic mass is 32.2. The first-order valence-corrected chi connectivity index (χ1v) is 9.48. The third-order valence-electron chi connectivity index (χ3n) is 3.96. The number of nitrogen functional groups attached to an aromatic ring is 1. The quantitative estimate of drug-likeness (QED) is 0.505. The monoisotopic (exact) mass is 369 g/mol. The van der Waals surface area contributed by atoms with Crippen molar-refractivity contribution in [2.75, 3.05) is 5.84 Å². The number of nitrogens with two attached hydrogens (primary N) is 1. The summed E-state index contributed by atoms with van der Waals surface area (Å²) in [5, 5.41) is 8.96. The third kappa shape index (κ3) is 4.35. The zero-order chi connectivity index (χ0) is 18.5. The number of ether oxygens (including phenoxy) is 1. The topological polar surface area (TPSA) is 78.9 Å². The van der Waals surface area contributed by atoms with Gasteiger partial charge in [0.05, 0.1) is 5.69 Å². The van der Waals surface area contributed by atoms with E-state index in [0.29, 0.717) is 22.7 Å². The number of thioether (sulfide) groups is 1. The fourth-order valence-corrected chi connectivity index (χ4v) is 3.30. The van der Waals surface area contributed by atoms with Gasteiger partial charge in [0.15, 0.2) is 5.82 Å². The van der Waals surface area contributed by atoms with E-state index in [2.05, 4.69) is 48.1 Å². The maximum atomic E-state index is 6.13. The molecule has 3 rings (SSSR count). The van der Waals surface area contributed by atoms with Crippen molar-refractivity contribution in [3.8, 4) is 5.75 Å². The molecule has 0 amide bonds. The second-order valence-corrected chi connectivity index (χ2v) is 7.31. The minimum absolute atomic E-state index is 0.275. The van der Waals surface area contributed by atoms with Crippen molar-refractivity contribution < 1.29 is 4.74 Å². The van der Waals surface area contributed by atoms with Gasteiger partial charge in [-0.15, -0.1) is 10.2 Å². The Morgan fingerprint density at radius 3 is 2.77 bits per heavy atom. The van der Waals surface area contributed by atoms with Gasteiger partial charge in [0.25, 0.3) is 0 Å². The number of hydrogen-bond donors (Lipinski definition) is 1. The predicted molar refractivity (Wildman–Crippen MR) is 104 cm³/mol.